The number of hydrogen-bond donors (Lipinski definition) is 0. The second-order valence-corrected chi connectivity index (χ2v) is 13.7. The van der Waals surface area contributed by atoms with E-state index in [0.29, 0.717) is 17.5 Å². The highest BCUT2D eigenvalue weighted by atomic mass is 15.0. The first-order valence-corrected chi connectivity index (χ1v) is 17.4. The first-order valence-electron chi connectivity index (χ1n) is 17.4. The van der Waals surface area contributed by atoms with Gasteiger partial charge in [0, 0.05) is 22.1 Å². The summed E-state index contributed by atoms with van der Waals surface area (Å²) in [6, 6.07) is 61.9. The lowest BCUT2D eigenvalue weighted by Crippen LogP contribution is -2.15. The van der Waals surface area contributed by atoms with Crippen molar-refractivity contribution in [2.45, 2.75) is 19.3 Å². The van der Waals surface area contributed by atoms with Crippen molar-refractivity contribution in [2.75, 3.05) is 0 Å². The van der Waals surface area contributed by atoms with Crippen molar-refractivity contribution in [3.05, 3.63) is 187 Å². The van der Waals surface area contributed by atoms with Crippen molar-refractivity contribution in [3.8, 4) is 78.7 Å². The lowest BCUT2D eigenvalue weighted by Gasteiger charge is -2.22. The topological polar surface area (TPSA) is 38.7 Å². The molecule has 0 spiro atoms. The predicted molar refractivity (Wildman–Crippen MR) is 210 cm³/mol. The lowest BCUT2D eigenvalue weighted by molar-refractivity contribution is 0.660. The molecule has 1 aliphatic carbocycles. The quantitative estimate of drug-likeness (QED) is 0.179. The van der Waals surface area contributed by atoms with Crippen LogP contribution in [-0.4, -0.2) is 15.0 Å². The zero-order valence-corrected chi connectivity index (χ0v) is 28.6. The maximum Gasteiger partial charge on any atom is 0.164 e. The van der Waals surface area contributed by atoms with Crippen molar-refractivity contribution in [2.24, 2.45) is 0 Å². The van der Waals surface area contributed by atoms with E-state index in [1.54, 1.807) is 0 Å². The monoisotopic (exact) mass is 653 g/mol. The van der Waals surface area contributed by atoms with E-state index in [4.69, 9.17) is 15.0 Å². The summed E-state index contributed by atoms with van der Waals surface area (Å²) in [5.74, 6) is 1.96. The highest BCUT2D eigenvalue weighted by Crippen LogP contribution is 2.52. The van der Waals surface area contributed by atoms with Gasteiger partial charge in [-0.05, 0) is 73.8 Å². The number of aromatic nitrogens is 3. The molecular weight excluding hydrogens is 619 g/mol. The zero-order chi connectivity index (χ0) is 34.4. The van der Waals surface area contributed by atoms with Gasteiger partial charge in [-0.1, -0.05) is 172 Å². The SMILES string of the molecule is CC1(C)c2cc(-c3ccccc3)ccc2-c2c(-c3nc(-c4cccc(-c5ccccc5)c4)nc(-c4cccc(-c5ccccc5)c4)n3)cccc21. The standard InChI is InChI=1S/C48H35N3/c1-48(2)42-26-14-25-41(44(42)40-28-27-37(31-43(40)48)34-19-10-5-11-20-34)47-50-45(38-23-12-21-35(29-38)32-15-6-3-7-16-32)49-46(51-47)39-24-13-22-36(30-39)33-17-8-4-9-18-33/h3-31H,1-2H3. The summed E-state index contributed by atoms with van der Waals surface area (Å²) in [4.78, 5) is 15.7. The molecule has 0 fully saturated rings. The normalized spacial score (nSPS) is 12.7. The molecule has 9 rings (SSSR count). The Labute approximate surface area is 299 Å². The summed E-state index contributed by atoms with van der Waals surface area (Å²) in [6.45, 7) is 4.65. The van der Waals surface area contributed by atoms with Gasteiger partial charge in [0.15, 0.2) is 17.5 Å². The smallest absolute Gasteiger partial charge is 0.164 e. The Balaban J connectivity index is 1.24. The van der Waals surface area contributed by atoms with Crippen LogP contribution in [0.1, 0.15) is 25.0 Å². The first kappa shape index (κ1) is 30.6. The average molecular weight is 654 g/mol. The molecule has 0 atom stereocenters. The lowest BCUT2D eigenvalue weighted by atomic mass is 9.81. The van der Waals surface area contributed by atoms with Crippen LogP contribution in [0.4, 0.5) is 0 Å². The molecule has 1 aromatic heterocycles. The largest absolute Gasteiger partial charge is 0.208 e. The molecule has 0 aliphatic heterocycles. The van der Waals surface area contributed by atoms with Gasteiger partial charge in [0.1, 0.15) is 0 Å². The molecule has 1 heterocycles. The molecule has 0 saturated carbocycles. The minimum absolute atomic E-state index is 0.196. The Kier molecular flexibility index (Phi) is 7.48. The summed E-state index contributed by atoms with van der Waals surface area (Å²) in [5, 5.41) is 0. The second kappa shape index (κ2) is 12.5. The van der Waals surface area contributed by atoms with Crippen molar-refractivity contribution in [1.82, 2.24) is 15.0 Å². The fourth-order valence-corrected chi connectivity index (χ4v) is 7.48. The van der Waals surface area contributed by atoms with E-state index < -0.39 is 0 Å². The van der Waals surface area contributed by atoms with Crippen LogP contribution in [0.25, 0.3) is 78.7 Å². The fraction of sp³-hybridized carbons (Fsp3) is 0.0625. The van der Waals surface area contributed by atoms with E-state index >= 15 is 0 Å². The van der Waals surface area contributed by atoms with Gasteiger partial charge in [0.25, 0.3) is 0 Å². The van der Waals surface area contributed by atoms with Crippen molar-refractivity contribution >= 4 is 0 Å². The summed E-state index contributed by atoms with van der Waals surface area (Å²) in [6.07, 6.45) is 0. The molecule has 1 aliphatic rings. The molecule has 3 nitrogen and oxygen atoms in total. The molecule has 3 heteroatoms. The average Bonchev–Trinajstić information content (AvgIpc) is 3.44. The second-order valence-electron chi connectivity index (χ2n) is 13.7. The van der Waals surface area contributed by atoms with Gasteiger partial charge in [-0.3, -0.25) is 0 Å². The predicted octanol–water partition coefficient (Wildman–Crippen LogP) is 12.2. The molecule has 0 amide bonds. The highest BCUT2D eigenvalue weighted by molar-refractivity contribution is 5.92. The summed E-state index contributed by atoms with van der Waals surface area (Å²) in [5.41, 5.74) is 14.7. The van der Waals surface area contributed by atoms with Crippen LogP contribution in [0.2, 0.25) is 0 Å². The van der Waals surface area contributed by atoms with E-state index in [1.165, 1.54) is 33.4 Å². The van der Waals surface area contributed by atoms with Crippen LogP contribution in [0.15, 0.2) is 176 Å². The number of benzene rings is 7. The van der Waals surface area contributed by atoms with Crippen molar-refractivity contribution in [1.29, 1.82) is 0 Å². The molecule has 0 saturated heterocycles. The molecule has 51 heavy (non-hydrogen) atoms. The molecule has 0 N–H and O–H groups in total. The Morgan fingerprint density at radius 2 is 0.745 bits per heavy atom. The van der Waals surface area contributed by atoms with E-state index in [-0.39, 0.29) is 5.41 Å². The van der Waals surface area contributed by atoms with Crippen LogP contribution in [-0.2, 0) is 5.41 Å². The molecule has 7 aromatic carbocycles. The van der Waals surface area contributed by atoms with E-state index in [0.717, 1.165) is 38.9 Å². The van der Waals surface area contributed by atoms with E-state index in [9.17, 15) is 0 Å². The molecule has 8 aromatic rings. The van der Waals surface area contributed by atoms with Gasteiger partial charge in [0.05, 0.1) is 0 Å². The van der Waals surface area contributed by atoms with Gasteiger partial charge < -0.3 is 0 Å². The fourth-order valence-electron chi connectivity index (χ4n) is 7.48. The van der Waals surface area contributed by atoms with Gasteiger partial charge in [-0.15, -0.1) is 0 Å². The maximum atomic E-state index is 5.26. The molecular formula is C48H35N3. The minimum atomic E-state index is -0.196. The third-order valence-electron chi connectivity index (χ3n) is 10.1. The molecule has 0 unspecified atom stereocenters. The van der Waals surface area contributed by atoms with Crippen LogP contribution in [0.5, 0.6) is 0 Å². The summed E-state index contributed by atoms with van der Waals surface area (Å²) >= 11 is 0. The van der Waals surface area contributed by atoms with Gasteiger partial charge in [-0.25, -0.2) is 15.0 Å². The van der Waals surface area contributed by atoms with Gasteiger partial charge in [-0.2, -0.15) is 0 Å². The first-order chi connectivity index (χ1) is 25.0. The molecule has 242 valence electrons. The Morgan fingerprint density at radius 1 is 0.314 bits per heavy atom. The number of nitrogens with zero attached hydrogens (tertiary/aromatic N) is 3. The summed E-state index contributed by atoms with van der Waals surface area (Å²) in [7, 11) is 0. The molecule has 0 bridgehead atoms. The van der Waals surface area contributed by atoms with Crippen LogP contribution >= 0.6 is 0 Å². The maximum absolute atomic E-state index is 5.26. The summed E-state index contributed by atoms with van der Waals surface area (Å²) < 4.78 is 0. The van der Waals surface area contributed by atoms with E-state index in [2.05, 4.69) is 178 Å². The van der Waals surface area contributed by atoms with Gasteiger partial charge in [0.2, 0.25) is 0 Å². The van der Waals surface area contributed by atoms with E-state index in [1.807, 2.05) is 12.1 Å². The highest BCUT2D eigenvalue weighted by Gasteiger charge is 2.37. The van der Waals surface area contributed by atoms with Crippen molar-refractivity contribution in [3.63, 3.8) is 0 Å². The van der Waals surface area contributed by atoms with Crippen LogP contribution < -0.4 is 0 Å². The zero-order valence-electron chi connectivity index (χ0n) is 28.6. The number of hydrogen-bond acceptors (Lipinski definition) is 3. The van der Waals surface area contributed by atoms with Gasteiger partial charge >= 0.3 is 0 Å². The van der Waals surface area contributed by atoms with Crippen molar-refractivity contribution < 1.29 is 0 Å². The number of fused-ring (bicyclic) bond motifs is 3. The van der Waals surface area contributed by atoms with Crippen LogP contribution in [0.3, 0.4) is 0 Å². The Bertz CT molecular complexity index is 2440. The molecule has 0 radical (unpaired) electrons. The Morgan fingerprint density at radius 3 is 1.27 bits per heavy atom. The third kappa shape index (κ3) is 5.53. The Hall–Kier alpha value is -6.45. The number of rotatable bonds is 6. The van der Waals surface area contributed by atoms with Crippen LogP contribution in [0, 0.1) is 0 Å². The minimum Gasteiger partial charge on any atom is -0.208 e. The third-order valence-corrected chi connectivity index (χ3v) is 10.1.